The second-order valence-corrected chi connectivity index (χ2v) is 4.35. The monoisotopic (exact) mass is 237 g/mol. The van der Waals surface area contributed by atoms with Crippen LogP contribution < -0.4 is 10.5 Å². The lowest BCUT2D eigenvalue weighted by Gasteiger charge is -2.03. The molecule has 0 spiro atoms. The van der Waals surface area contributed by atoms with Crippen molar-refractivity contribution in [2.24, 2.45) is 5.73 Å². The van der Waals surface area contributed by atoms with Gasteiger partial charge < -0.3 is 10.5 Å². The summed E-state index contributed by atoms with van der Waals surface area (Å²) in [6, 6.07) is 6.92. The smallest absolute Gasteiger partial charge is 0.165 e. The SMILES string of the molecule is COc1ccc(-c2csc(CN)c2)cc1F. The van der Waals surface area contributed by atoms with Crippen molar-refractivity contribution in [1.82, 2.24) is 0 Å². The van der Waals surface area contributed by atoms with Crippen LogP contribution in [0.5, 0.6) is 5.75 Å². The van der Waals surface area contributed by atoms with Crippen LogP contribution in [0.25, 0.3) is 11.1 Å². The standard InChI is InChI=1S/C12H12FNOS/c1-15-12-3-2-8(5-11(12)13)9-4-10(6-14)16-7-9/h2-5,7H,6,14H2,1H3. The van der Waals surface area contributed by atoms with E-state index in [2.05, 4.69) is 0 Å². The highest BCUT2D eigenvalue weighted by atomic mass is 32.1. The van der Waals surface area contributed by atoms with E-state index in [0.29, 0.717) is 6.54 Å². The van der Waals surface area contributed by atoms with Gasteiger partial charge in [-0.3, -0.25) is 0 Å². The van der Waals surface area contributed by atoms with Gasteiger partial charge in [0.05, 0.1) is 7.11 Å². The molecule has 0 aliphatic rings. The topological polar surface area (TPSA) is 35.2 Å². The van der Waals surface area contributed by atoms with Gasteiger partial charge in [-0.05, 0) is 34.7 Å². The molecule has 1 aromatic carbocycles. The van der Waals surface area contributed by atoms with Crippen molar-refractivity contribution in [3.8, 4) is 16.9 Å². The number of ether oxygens (including phenoxy) is 1. The molecule has 84 valence electrons. The molecule has 0 saturated carbocycles. The molecule has 0 atom stereocenters. The maximum atomic E-state index is 13.5. The van der Waals surface area contributed by atoms with Gasteiger partial charge in [-0.15, -0.1) is 11.3 Å². The molecule has 1 heterocycles. The fourth-order valence-electron chi connectivity index (χ4n) is 1.49. The van der Waals surface area contributed by atoms with Crippen molar-refractivity contribution < 1.29 is 9.13 Å². The second kappa shape index (κ2) is 4.63. The Morgan fingerprint density at radius 2 is 2.12 bits per heavy atom. The number of benzene rings is 1. The summed E-state index contributed by atoms with van der Waals surface area (Å²) in [6.45, 7) is 0.517. The zero-order chi connectivity index (χ0) is 11.5. The minimum atomic E-state index is -0.347. The maximum Gasteiger partial charge on any atom is 0.165 e. The molecule has 0 aliphatic carbocycles. The summed E-state index contributed by atoms with van der Waals surface area (Å²) in [4.78, 5) is 1.09. The summed E-state index contributed by atoms with van der Waals surface area (Å²) >= 11 is 1.58. The summed E-state index contributed by atoms with van der Waals surface area (Å²) in [6.07, 6.45) is 0. The average Bonchev–Trinajstić information content (AvgIpc) is 2.77. The number of nitrogens with two attached hydrogens (primary N) is 1. The first-order chi connectivity index (χ1) is 7.74. The van der Waals surface area contributed by atoms with E-state index >= 15 is 0 Å². The van der Waals surface area contributed by atoms with Crippen LogP contribution in [0.15, 0.2) is 29.6 Å². The fraction of sp³-hybridized carbons (Fsp3) is 0.167. The Labute approximate surface area is 97.5 Å². The first-order valence-electron chi connectivity index (χ1n) is 4.86. The Hall–Kier alpha value is -1.39. The molecule has 0 fully saturated rings. The van der Waals surface area contributed by atoms with Crippen LogP contribution in [0.4, 0.5) is 4.39 Å². The van der Waals surface area contributed by atoms with Crippen molar-refractivity contribution in [1.29, 1.82) is 0 Å². The van der Waals surface area contributed by atoms with Crippen molar-refractivity contribution in [3.05, 3.63) is 40.3 Å². The predicted octanol–water partition coefficient (Wildman–Crippen LogP) is 3.02. The van der Waals surface area contributed by atoms with E-state index in [9.17, 15) is 4.39 Å². The lowest BCUT2D eigenvalue weighted by molar-refractivity contribution is 0.386. The summed E-state index contributed by atoms with van der Waals surface area (Å²) in [7, 11) is 1.45. The van der Waals surface area contributed by atoms with E-state index in [4.69, 9.17) is 10.5 Å². The highest BCUT2D eigenvalue weighted by Gasteiger charge is 2.06. The van der Waals surface area contributed by atoms with Gasteiger partial charge in [0.15, 0.2) is 11.6 Å². The van der Waals surface area contributed by atoms with Crippen LogP contribution in [0.2, 0.25) is 0 Å². The van der Waals surface area contributed by atoms with Crippen LogP contribution in [-0.4, -0.2) is 7.11 Å². The molecule has 2 aromatic rings. The lowest BCUT2D eigenvalue weighted by atomic mass is 10.1. The van der Waals surface area contributed by atoms with Gasteiger partial charge in [-0.25, -0.2) is 4.39 Å². The summed E-state index contributed by atoms with van der Waals surface area (Å²) in [5.41, 5.74) is 7.37. The largest absolute Gasteiger partial charge is 0.494 e. The summed E-state index contributed by atoms with van der Waals surface area (Å²) < 4.78 is 18.3. The van der Waals surface area contributed by atoms with Crippen molar-refractivity contribution in [3.63, 3.8) is 0 Å². The highest BCUT2D eigenvalue weighted by molar-refractivity contribution is 7.10. The number of thiophene rings is 1. The Morgan fingerprint density at radius 1 is 1.31 bits per heavy atom. The van der Waals surface area contributed by atoms with E-state index in [1.54, 1.807) is 17.4 Å². The minimum absolute atomic E-state index is 0.262. The van der Waals surface area contributed by atoms with E-state index in [-0.39, 0.29) is 11.6 Å². The molecular formula is C12H12FNOS. The van der Waals surface area contributed by atoms with E-state index in [1.807, 2.05) is 17.5 Å². The average molecular weight is 237 g/mol. The van der Waals surface area contributed by atoms with Crippen LogP contribution in [0, 0.1) is 5.82 Å². The number of rotatable bonds is 3. The second-order valence-electron chi connectivity index (χ2n) is 3.36. The molecule has 1 aromatic heterocycles. The van der Waals surface area contributed by atoms with Crippen LogP contribution in [0.1, 0.15) is 4.88 Å². The molecule has 0 radical (unpaired) electrons. The van der Waals surface area contributed by atoms with Gasteiger partial charge in [0, 0.05) is 11.4 Å². The number of hydrogen-bond acceptors (Lipinski definition) is 3. The third kappa shape index (κ3) is 2.08. The van der Waals surface area contributed by atoms with Crippen molar-refractivity contribution >= 4 is 11.3 Å². The Morgan fingerprint density at radius 3 is 2.69 bits per heavy atom. The molecule has 0 bridgehead atoms. The number of halogens is 1. The molecule has 2 rings (SSSR count). The fourth-order valence-corrected chi connectivity index (χ4v) is 2.26. The zero-order valence-corrected chi connectivity index (χ0v) is 9.68. The van der Waals surface area contributed by atoms with Gasteiger partial charge in [-0.1, -0.05) is 6.07 Å². The molecular weight excluding hydrogens is 225 g/mol. The Kier molecular flexibility index (Phi) is 3.22. The quantitative estimate of drug-likeness (QED) is 0.890. The predicted molar refractivity (Wildman–Crippen MR) is 64.2 cm³/mol. The third-order valence-corrected chi connectivity index (χ3v) is 3.30. The minimum Gasteiger partial charge on any atom is -0.494 e. The van der Waals surface area contributed by atoms with Gasteiger partial charge in [0.1, 0.15) is 0 Å². The Bertz CT molecular complexity index is 496. The maximum absolute atomic E-state index is 13.5. The van der Waals surface area contributed by atoms with Crippen LogP contribution >= 0.6 is 11.3 Å². The molecule has 2 N–H and O–H groups in total. The first-order valence-corrected chi connectivity index (χ1v) is 5.74. The molecule has 0 unspecified atom stereocenters. The Balaban J connectivity index is 2.37. The van der Waals surface area contributed by atoms with Gasteiger partial charge in [-0.2, -0.15) is 0 Å². The highest BCUT2D eigenvalue weighted by Crippen LogP contribution is 2.28. The normalized spacial score (nSPS) is 10.4. The third-order valence-electron chi connectivity index (χ3n) is 2.34. The molecule has 2 nitrogen and oxygen atoms in total. The molecule has 4 heteroatoms. The number of hydrogen-bond donors (Lipinski definition) is 1. The zero-order valence-electron chi connectivity index (χ0n) is 8.87. The molecule has 0 aliphatic heterocycles. The van der Waals surface area contributed by atoms with E-state index in [1.165, 1.54) is 13.2 Å². The van der Waals surface area contributed by atoms with Crippen LogP contribution in [-0.2, 0) is 6.54 Å². The van der Waals surface area contributed by atoms with E-state index in [0.717, 1.165) is 16.0 Å². The van der Waals surface area contributed by atoms with Gasteiger partial charge >= 0.3 is 0 Å². The van der Waals surface area contributed by atoms with Crippen LogP contribution in [0.3, 0.4) is 0 Å². The summed E-state index contributed by atoms with van der Waals surface area (Å²) in [5.74, 6) is -0.0847. The van der Waals surface area contributed by atoms with Gasteiger partial charge in [0.2, 0.25) is 0 Å². The van der Waals surface area contributed by atoms with Crippen molar-refractivity contribution in [2.75, 3.05) is 7.11 Å². The molecule has 0 amide bonds. The molecule has 0 saturated heterocycles. The first kappa shape index (κ1) is 11.1. The van der Waals surface area contributed by atoms with Gasteiger partial charge in [0.25, 0.3) is 0 Å². The lowest BCUT2D eigenvalue weighted by Crippen LogP contribution is -1.91. The van der Waals surface area contributed by atoms with E-state index < -0.39 is 0 Å². The summed E-state index contributed by atoms with van der Waals surface area (Å²) in [5, 5.41) is 1.98. The molecule has 16 heavy (non-hydrogen) atoms. The number of methoxy groups -OCH3 is 1. The van der Waals surface area contributed by atoms with Crippen molar-refractivity contribution in [2.45, 2.75) is 6.54 Å².